The van der Waals surface area contributed by atoms with Crippen LogP contribution in [0.15, 0.2) is 106 Å². The first-order chi connectivity index (χ1) is 21.5. The molecular formula is C32H32N2O9PS+. The molecule has 234 valence electrons. The van der Waals surface area contributed by atoms with Crippen molar-refractivity contribution in [2.24, 2.45) is 0 Å². The first-order valence-corrected chi connectivity index (χ1v) is 16.1. The molecule has 11 nitrogen and oxygen atoms in total. The van der Waals surface area contributed by atoms with Crippen LogP contribution in [0.5, 0.6) is 11.5 Å². The Hall–Kier alpha value is -4.35. The number of aliphatic hydroxyl groups excluding tert-OH is 1. The predicted molar refractivity (Wildman–Crippen MR) is 170 cm³/mol. The van der Waals surface area contributed by atoms with Crippen molar-refractivity contribution in [3.8, 4) is 11.5 Å². The molecule has 2 N–H and O–H groups in total. The van der Waals surface area contributed by atoms with Gasteiger partial charge in [-0.1, -0.05) is 54.6 Å². The molecule has 0 amide bonds. The molecule has 45 heavy (non-hydrogen) atoms. The summed E-state index contributed by atoms with van der Waals surface area (Å²) in [6, 6.07) is 24.3. The van der Waals surface area contributed by atoms with Crippen molar-refractivity contribution >= 4 is 19.5 Å². The van der Waals surface area contributed by atoms with Gasteiger partial charge in [0.15, 0.2) is 23.6 Å². The fourth-order valence-corrected chi connectivity index (χ4v) is 6.02. The van der Waals surface area contributed by atoms with Gasteiger partial charge in [-0.3, -0.25) is 14.3 Å². The number of nitrogens with zero attached hydrogens (tertiary/aromatic N) is 1. The van der Waals surface area contributed by atoms with Crippen LogP contribution in [0.4, 0.5) is 0 Å². The third-order valence-electron chi connectivity index (χ3n) is 7.62. The standard InChI is InChI=1S/C32H31N2O9PS/c1-20-18-34(30(37)33-28(20)36)29-26(35)27(43-44(38)45)31(2,42-29)19-41-32(21-8-6-5-7-9-21,22-10-14-24(39-3)15-11-22)23-12-16-25(40-4)17-13-23/h5-18,29H,19H2,1-4H3,(H2-,33,35,36,37,38,45)/p+1. The molecule has 3 aromatic carbocycles. The molecule has 1 aliphatic heterocycles. The second kappa shape index (κ2) is 12.9. The Labute approximate surface area is 265 Å². The van der Waals surface area contributed by atoms with E-state index in [1.54, 1.807) is 21.1 Å². The van der Waals surface area contributed by atoms with Crippen molar-refractivity contribution in [3.05, 3.63) is 140 Å². The van der Waals surface area contributed by atoms with Crippen LogP contribution in [0.2, 0.25) is 0 Å². The molecule has 1 aromatic heterocycles. The van der Waals surface area contributed by atoms with Crippen LogP contribution in [0, 0.1) is 6.92 Å². The highest BCUT2D eigenvalue weighted by Crippen LogP contribution is 2.48. The first kappa shape index (κ1) is 32.1. The molecule has 0 saturated heterocycles. The molecule has 0 spiro atoms. The molecule has 0 bridgehead atoms. The van der Waals surface area contributed by atoms with E-state index < -0.39 is 41.7 Å². The van der Waals surface area contributed by atoms with Gasteiger partial charge in [0.05, 0.1) is 20.8 Å². The third kappa shape index (κ3) is 6.14. The van der Waals surface area contributed by atoms with Gasteiger partial charge in [-0.15, -0.1) is 0 Å². The summed E-state index contributed by atoms with van der Waals surface area (Å²) in [5.74, 6) is 0.538. The van der Waals surface area contributed by atoms with Crippen LogP contribution < -0.4 is 20.7 Å². The second-order valence-electron chi connectivity index (χ2n) is 10.5. The van der Waals surface area contributed by atoms with E-state index in [0.717, 1.165) is 21.3 Å². The van der Waals surface area contributed by atoms with Crippen molar-refractivity contribution < 1.29 is 33.1 Å². The number of hydrogen-bond acceptors (Lipinski definition) is 9. The highest BCUT2D eigenvalue weighted by atomic mass is 32.7. The Balaban J connectivity index is 1.66. The van der Waals surface area contributed by atoms with Crippen LogP contribution in [0.1, 0.15) is 35.4 Å². The van der Waals surface area contributed by atoms with Gasteiger partial charge < -0.3 is 24.1 Å². The molecule has 0 radical (unpaired) electrons. The Bertz CT molecular complexity index is 1790. The summed E-state index contributed by atoms with van der Waals surface area (Å²) in [5.41, 5.74) is -1.81. The van der Waals surface area contributed by atoms with Crippen molar-refractivity contribution in [3.63, 3.8) is 0 Å². The van der Waals surface area contributed by atoms with Crippen LogP contribution in [-0.2, 0) is 24.2 Å². The zero-order chi connectivity index (χ0) is 32.4. The summed E-state index contributed by atoms with van der Waals surface area (Å²) in [7, 11) is 0.591. The van der Waals surface area contributed by atoms with Gasteiger partial charge >= 0.3 is 12.9 Å². The number of aliphatic hydroxyl groups is 1. The van der Waals surface area contributed by atoms with Gasteiger partial charge in [0.25, 0.3) is 5.56 Å². The van der Waals surface area contributed by atoms with E-state index in [1.165, 1.54) is 13.1 Å². The smallest absolute Gasteiger partial charge is 0.505 e. The van der Waals surface area contributed by atoms with Crippen LogP contribution in [0.25, 0.3) is 0 Å². The number of rotatable bonds is 11. The lowest BCUT2D eigenvalue weighted by atomic mass is 9.79. The highest BCUT2D eigenvalue weighted by Gasteiger charge is 2.53. The zero-order valence-corrected chi connectivity index (χ0v) is 26.7. The summed E-state index contributed by atoms with van der Waals surface area (Å²) in [5, 5.41) is 11.3. The summed E-state index contributed by atoms with van der Waals surface area (Å²) in [6.07, 6.45) is -0.163. The largest absolute Gasteiger partial charge is 0.631 e. The molecule has 13 heteroatoms. The number of benzene rings is 3. The molecule has 5 rings (SSSR count). The van der Waals surface area contributed by atoms with Crippen molar-refractivity contribution in [1.82, 2.24) is 9.55 Å². The van der Waals surface area contributed by atoms with Crippen molar-refractivity contribution in [2.45, 2.75) is 31.3 Å². The fraction of sp³-hybridized carbons (Fsp3) is 0.250. The Morgan fingerprint density at radius 1 is 0.956 bits per heavy atom. The zero-order valence-electron chi connectivity index (χ0n) is 24.9. The maximum atomic E-state index is 12.8. The number of aryl methyl sites for hydroxylation is 1. The van der Waals surface area contributed by atoms with Gasteiger partial charge in [-0.25, -0.2) is 9.32 Å². The lowest BCUT2D eigenvalue weighted by molar-refractivity contribution is -0.132. The van der Waals surface area contributed by atoms with Gasteiger partial charge in [-0.2, -0.15) is 0 Å². The number of aromatic amines is 1. The minimum absolute atomic E-state index is 0.209. The molecule has 0 aliphatic carbocycles. The molecular weight excluding hydrogens is 619 g/mol. The van der Waals surface area contributed by atoms with E-state index in [2.05, 4.69) is 17.2 Å². The summed E-state index contributed by atoms with van der Waals surface area (Å²) in [6.45, 7) is 2.81. The van der Waals surface area contributed by atoms with Crippen molar-refractivity contribution in [1.29, 1.82) is 0 Å². The number of ether oxygens (including phenoxy) is 4. The number of thiol groups is 1. The third-order valence-corrected chi connectivity index (χ3v) is 8.21. The number of H-pyrrole nitrogens is 1. The maximum Gasteiger partial charge on any atom is 0.631 e. The SMILES string of the molecule is COc1ccc(C(OCC2(C)OC(n3cc(C)c(=O)[nH]c3=O)C(O)=C2O[P+](=O)S)(c2ccccc2)c2ccc(OC)cc2)cc1. The van der Waals surface area contributed by atoms with Gasteiger partial charge in [-0.05, 0) is 59.4 Å². The second-order valence-corrected chi connectivity index (χ2v) is 12.2. The quantitative estimate of drug-likeness (QED) is 0.109. The lowest BCUT2D eigenvalue weighted by Gasteiger charge is -2.38. The topological polar surface area (TPSA) is 138 Å². The number of hydrogen-bond donors (Lipinski definition) is 3. The fourth-order valence-electron chi connectivity index (χ4n) is 5.33. The number of nitrogens with one attached hydrogen (secondary N) is 1. The first-order valence-electron chi connectivity index (χ1n) is 13.8. The Morgan fingerprint density at radius 3 is 2.00 bits per heavy atom. The molecule has 0 fully saturated rings. The predicted octanol–water partition coefficient (Wildman–Crippen LogP) is 5.53. The average Bonchev–Trinajstić information content (AvgIpc) is 3.29. The summed E-state index contributed by atoms with van der Waals surface area (Å²) < 4.78 is 42.8. The molecule has 2 heterocycles. The van der Waals surface area contributed by atoms with Crippen LogP contribution >= 0.6 is 19.5 Å². The molecule has 0 saturated carbocycles. The van der Waals surface area contributed by atoms with E-state index >= 15 is 0 Å². The van der Waals surface area contributed by atoms with E-state index in [-0.39, 0.29) is 17.9 Å². The maximum absolute atomic E-state index is 12.8. The summed E-state index contributed by atoms with van der Waals surface area (Å²) >= 11 is 3.90. The average molecular weight is 652 g/mol. The monoisotopic (exact) mass is 651 g/mol. The molecule has 3 atom stereocenters. The van der Waals surface area contributed by atoms with Gasteiger partial charge in [0.2, 0.25) is 12.0 Å². The van der Waals surface area contributed by atoms with Gasteiger partial charge in [0, 0.05) is 11.8 Å². The van der Waals surface area contributed by atoms with E-state index in [4.69, 9.17) is 23.5 Å². The molecule has 3 unspecified atom stereocenters. The lowest BCUT2D eigenvalue weighted by Crippen LogP contribution is -2.42. The van der Waals surface area contributed by atoms with E-state index in [1.807, 2.05) is 78.9 Å². The van der Waals surface area contributed by atoms with Crippen LogP contribution in [-0.4, -0.2) is 41.1 Å². The van der Waals surface area contributed by atoms with Crippen LogP contribution in [0.3, 0.4) is 0 Å². The Morgan fingerprint density at radius 2 is 1.49 bits per heavy atom. The van der Waals surface area contributed by atoms with Gasteiger partial charge in [0.1, 0.15) is 17.1 Å². The number of methoxy groups -OCH3 is 2. The molecule has 1 aliphatic rings. The summed E-state index contributed by atoms with van der Waals surface area (Å²) in [4.78, 5) is 27.0. The number of aromatic nitrogens is 2. The van der Waals surface area contributed by atoms with E-state index in [0.29, 0.717) is 11.5 Å². The van der Waals surface area contributed by atoms with E-state index in [9.17, 15) is 19.3 Å². The minimum atomic E-state index is -2.57. The minimum Gasteiger partial charge on any atom is -0.505 e. The highest BCUT2D eigenvalue weighted by molar-refractivity contribution is 8.39. The normalized spacial score (nSPS) is 18.5. The molecule has 4 aromatic rings. The van der Waals surface area contributed by atoms with Crippen molar-refractivity contribution in [2.75, 3.05) is 20.8 Å². The Kier molecular flexibility index (Phi) is 9.22.